The fourth-order valence-electron chi connectivity index (χ4n) is 2.92. The van der Waals surface area contributed by atoms with Crippen LogP contribution in [0.25, 0.3) is 10.2 Å². The summed E-state index contributed by atoms with van der Waals surface area (Å²) in [6, 6.07) is 5.63. The number of aromatic nitrogens is 1. The van der Waals surface area contributed by atoms with Gasteiger partial charge in [0.25, 0.3) is 0 Å². The third-order valence-electron chi connectivity index (χ3n) is 4.12. The highest BCUT2D eigenvalue weighted by Crippen LogP contribution is 2.29. The van der Waals surface area contributed by atoms with Gasteiger partial charge >= 0.3 is 0 Å². The van der Waals surface area contributed by atoms with E-state index in [2.05, 4.69) is 10.3 Å². The van der Waals surface area contributed by atoms with Crippen LogP contribution in [0.15, 0.2) is 18.2 Å². The Balaban J connectivity index is 1.69. The molecule has 1 heterocycles. The zero-order valence-corrected chi connectivity index (χ0v) is 12.9. The lowest BCUT2D eigenvalue weighted by Crippen LogP contribution is -2.23. The van der Waals surface area contributed by atoms with Crippen LogP contribution >= 0.6 is 11.3 Å². The third kappa shape index (κ3) is 3.53. The molecule has 1 aromatic heterocycles. The van der Waals surface area contributed by atoms with Crippen molar-refractivity contribution in [1.82, 2.24) is 4.98 Å². The molecule has 1 amide bonds. The zero-order valence-electron chi connectivity index (χ0n) is 12.1. The van der Waals surface area contributed by atoms with E-state index in [1.54, 1.807) is 0 Å². The van der Waals surface area contributed by atoms with Gasteiger partial charge in [0, 0.05) is 11.6 Å². The molecule has 0 bridgehead atoms. The highest BCUT2D eigenvalue weighted by Gasteiger charge is 2.20. The smallest absolute Gasteiger partial charge is 0.229 e. The minimum absolute atomic E-state index is 0.129. The number of hydrogen-bond acceptors (Lipinski definition) is 4. The number of nitrogens with two attached hydrogens (primary N) is 1. The van der Waals surface area contributed by atoms with Gasteiger partial charge in [-0.15, -0.1) is 0 Å². The lowest BCUT2D eigenvalue weighted by molar-refractivity contribution is -0.120. The summed E-state index contributed by atoms with van der Waals surface area (Å²) in [4.78, 5) is 16.9. The molecule has 0 unspecified atom stereocenters. The second-order valence-electron chi connectivity index (χ2n) is 5.78. The average molecular weight is 303 g/mol. The molecular formula is C16H21N3OS. The van der Waals surface area contributed by atoms with Crippen LogP contribution in [0.3, 0.4) is 0 Å². The van der Waals surface area contributed by atoms with Crippen LogP contribution in [0.2, 0.25) is 0 Å². The molecule has 0 aliphatic heterocycles. The lowest BCUT2D eigenvalue weighted by Gasteiger charge is -2.18. The molecule has 0 spiro atoms. The van der Waals surface area contributed by atoms with Crippen LogP contribution in [0.1, 0.15) is 44.9 Å². The van der Waals surface area contributed by atoms with Crippen molar-refractivity contribution in [2.75, 3.05) is 11.1 Å². The van der Waals surface area contributed by atoms with E-state index in [9.17, 15) is 4.79 Å². The van der Waals surface area contributed by atoms with Gasteiger partial charge in [0.2, 0.25) is 5.91 Å². The maximum Gasteiger partial charge on any atom is 0.229 e. The molecule has 2 aromatic rings. The van der Waals surface area contributed by atoms with E-state index in [4.69, 9.17) is 5.73 Å². The summed E-state index contributed by atoms with van der Waals surface area (Å²) < 4.78 is 1.02. The van der Waals surface area contributed by atoms with E-state index in [1.807, 2.05) is 18.2 Å². The Kier molecular flexibility index (Phi) is 4.39. The predicted octanol–water partition coefficient (Wildman–Crippen LogP) is 4.18. The Morgan fingerprint density at radius 3 is 2.67 bits per heavy atom. The largest absolute Gasteiger partial charge is 0.399 e. The van der Waals surface area contributed by atoms with E-state index in [0.717, 1.165) is 41.6 Å². The van der Waals surface area contributed by atoms with Gasteiger partial charge < -0.3 is 11.1 Å². The first-order valence-electron chi connectivity index (χ1n) is 7.69. The number of fused-ring (bicyclic) bond motifs is 1. The molecular weight excluding hydrogens is 282 g/mol. The van der Waals surface area contributed by atoms with Crippen molar-refractivity contribution in [3.05, 3.63) is 18.2 Å². The molecule has 4 nitrogen and oxygen atoms in total. The number of nitrogens with one attached hydrogen (secondary N) is 1. The van der Waals surface area contributed by atoms with Crippen LogP contribution in [0.5, 0.6) is 0 Å². The topological polar surface area (TPSA) is 68.0 Å². The van der Waals surface area contributed by atoms with E-state index < -0.39 is 0 Å². The Labute approximate surface area is 128 Å². The maximum atomic E-state index is 12.4. The summed E-state index contributed by atoms with van der Waals surface area (Å²) in [5, 5.41) is 3.68. The number of anilines is 2. The number of hydrogen-bond donors (Lipinski definition) is 2. The number of nitrogens with zero attached hydrogens (tertiary/aromatic N) is 1. The van der Waals surface area contributed by atoms with Crippen LogP contribution in [0.4, 0.5) is 10.8 Å². The van der Waals surface area contributed by atoms with Crippen molar-refractivity contribution in [2.24, 2.45) is 5.92 Å². The van der Waals surface area contributed by atoms with Gasteiger partial charge in [0.1, 0.15) is 0 Å². The SMILES string of the molecule is Nc1ccc2nc(NC(=O)C3CCCCCCC3)sc2c1. The molecule has 112 valence electrons. The molecule has 1 saturated carbocycles. The summed E-state index contributed by atoms with van der Waals surface area (Å²) in [5.41, 5.74) is 7.39. The molecule has 0 saturated heterocycles. The van der Waals surface area contributed by atoms with E-state index in [0.29, 0.717) is 5.13 Å². The molecule has 0 atom stereocenters. The van der Waals surface area contributed by atoms with Crippen molar-refractivity contribution in [2.45, 2.75) is 44.9 Å². The van der Waals surface area contributed by atoms with Crippen LogP contribution in [-0.2, 0) is 4.79 Å². The first-order valence-corrected chi connectivity index (χ1v) is 8.51. The second-order valence-corrected chi connectivity index (χ2v) is 6.81. The second kappa shape index (κ2) is 6.43. The normalized spacial score (nSPS) is 17.3. The maximum absolute atomic E-state index is 12.4. The summed E-state index contributed by atoms with van der Waals surface area (Å²) in [6.07, 6.45) is 8.15. The van der Waals surface area contributed by atoms with Gasteiger partial charge in [-0.2, -0.15) is 0 Å². The molecule has 0 radical (unpaired) electrons. The van der Waals surface area contributed by atoms with E-state index in [1.165, 1.54) is 30.6 Å². The van der Waals surface area contributed by atoms with Crippen molar-refractivity contribution in [3.63, 3.8) is 0 Å². The Bertz CT molecular complexity index is 629. The molecule has 3 rings (SSSR count). The number of carbonyl (C=O) groups excluding carboxylic acids is 1. The number of rotatable bonds is 2. The van der Waals surface area contributed by atoms with Crippen molar-refractivity contribution in [1.29, 1.82) is 0 Å². The highest BCUT2D eigenvalue weighted by molar-refractivity contribution is 7.22. The zero-order chi connectivity index (χ0) is 14.7. The first-order chi connectivity index (χ1) is 10.2. The average Bonchev–Trinajstić information content (AvgIpc) is 2.79. The number of benzene rings is 1. The van der Waals surface area contributed by atoms with Gasteiger partial charge in [-0.25, -0.2) is 4.98 Å². The van der Waals surface area contributed by atoms with Gasteiger partial charge in [0.05, 0.1) is 10.2 Å². The van der Waals surface area contributed by atoms with Crippen LogP contribution in [-0.4, -0.2) is 10.9 Å². The summed E-state index contributed by atoms with van der Waals surface area (Å²) in [5.74, 6) is 0.270. The molecule has 3 N–H and O–H groups in total. The monoisotopic (exact) mass is 303 g/mol. The van der Waals surface area contributed by atoms with E-state index >= 15 is 0 Å². The van der Waals surface area contributed by atoms with Crippen molar-refractivity contribution >= 4 is 38.3 Å². The number of nitrogen functional groups attached to an aromatic ring is 1. The Morgan fingerprint density at radius 2 is 1.90 bits per heavy atom. The summed E-state index contributed by atoms with van der Waals surface area (Å²) >= 11 is 1.49. The quantitative estimate of drug-likeness (QED) is 0.818. The highest BCUT2D eigenvalue weighted by atomic mass is 32.1. The first kappa shape index (κ1) is 14.3. The molecule has 21 heavy (non-hydrogen) atoms. The number of amides is 1. The van der Waals surface area contributed by atoms with Crippen LogP contribution < -0.4 is 11.1 Å². The minimum atomic E-state index is 0.129. The predicted molar refractivity (Wildman–Crippen MR) is 88.5 cm³/mol. The Morgan fingerprint density at radius 1 is 1.19 bits per heavy atom. The molecule has 1 fully saturated rings. The molecule has 5 heteroatoms. The van der Waals surface area contributed by atoms with Crippen molar-refractivity contribution in [3.8, 4) is 0 Å². The Hall–Kier alpha value is -1.62. The molecule has 1 aromatic carbocycles. The number of carbonyl (C=O) groups is 1. The van der Waals surface area contributed by atoms with Gasteiger partial charge in [-0.05, 0) is 31.0 Å². The minimum Gasteiger partial charge on any atom is -0.399 e. The van der Waals surface area contributed by atoms with Gasteiger partial charge in [-0.3, -0.25) is 4.79 Å². The number of thiazole rings is 1. The van der Waals surface area contributed by atoms with Gasteiger partial charge in [-0.1, -0.05) is 43.4 Å². The van der Waals surface area contributed by atoms with Crippen LogP contribution in [0, 0.1) is 5.92 Å². The van der Waals surface area contributed by atoms with Gasteiger partial charge in [0.15, 0.2) is 5.13 Å². The van der Waals surface area contributed by atoms with E-state index in [-0.39, 0.29) is 11.8 Å². The third-order valence-corrected chi connectivity index (χ3v) is 5.05. The molecule has 1 aliphatic rings. The fourth-order valence-corrected chi connectivity index (χ4v) is 3.84. The molecule has 1 aliphatic carbocycles. The summed E-state index contributed by atoms with van der Waals surface area (Å²) in [6.45, 7) is 0. The summed E-state index contributed by atoms with van der Waals surface area (Å²) in [7, 11) is 0. The fraction of sp³-hybridized carbons (Fsp3) is 0.500. The lowest BCUT2D eigenvalue weighted by atomic mass is 9.90. The van der Waals surface area contributed by atoms with Crippen molar-refractivity contribution < 1.29 is 4.79 Å². The standard InChI is InChI=1S/C16H21N3OS/c17-12-8-9-13-14(10-12)21-16(18-13)19-15(20)11-6-4-2-1-3-5-7-11/h8-11H,1-7,17H2,(H,18,19,20).